The Balaban J connectivity index is 1.57. The van der Waals surface area contributed by atoms with Crippen molar-refractivity contribution in [2.45, 2.75) is 38.3 Å². The number of fused-ring (bicyclic) bond motifs is 1. The molecule has 0 aliphatic rings. The average molecular weight is 447 g/mol. The van der Waals surface area contributed by atoms with Crippen molar-refractivity contribution in [3.05, 3.63) is 44.5 Å². The van der Waals surface area contributed by atoms with Gasteiger partial charge < -0.3 is 25.8 Å². The van der Waals surface area contributed by atoms with Crippen molar-refractivity contribution in [3.63, 3.8) is 0 Å². The number of aromatic amines is 1. The van der Waals surface area contributed by atoms with Gasteiger partial charge in [-0.1, -0.05) is 0 Å². The number of nitrogens with two attached hydrogens (primary N) is 1. The first-order valence-corrected chi connectivity index (χ1v) is 10.2. The van der Waals surface area contributed by atoms with E-state index in [0.717, 1.165) is 4.88 Å². The summed E-state index contributed by atoms with van der Waals surface area (Å²) in [6.45, 7) is 0.563. The molecule has 0 aliphatic carbocycles. The molecule has 0 spiro atoms. The number of hydrogen-bond donors (Lipinski definition) is 5. The van der Waals surface area contributed by atoms with Gasteiger partial charge in [-0.25, -0.2) is 9.78 Å². The lowest BCUT2D eigenvalue weighted by atomic mass is 10.1. The van der Waals surface area contributed by atoms with Crippen molar-refractivity contribution in [1.29, 1.82) is 0 Å². The Hall–Kier alpha value is -3.67. The van der Waals surface area contributed by atoms with E-state index < -0.39 is 23.9 Å². The molecule has 3 aromatic rings. The van der Waals surface area contributed by atoms with Crippen LogP contribution in [0.25, 0.3) is 11.0 Å². The van der Waals surface area contributed by atoms with Crippen LogP contribution in [0.4, 0.5) is 5.95 Å². The number of rotatable bonds is 10. The summed E-state index contributed by atoms with van der Waals surface area (Å²) in [5.74, 6) is -2.90. The van der Waals surface area contributed by atoms with E-state index in [-0.39, 0.29) is 24.3 Å². The lowest BCUT2D eigenvalue weighted by molar-refractivity contribution is -0.140. The molecule has 3 aromatic heterocycles. The largest absolute Gasteiger partial charge is 0.481 e. The molecule has 0 bridgehead atoms. The fraction of sp³-hybridized carbons (Fsp3) is 0.316. The molecule has 1 atom stereocenters. The second kappa shape index (κ2) is 9.43. The first-order chi connectivity index (χ1) is 14.7. The third kappa shape index (κ3) is 5.48. The molecule has 0 aromatic carbocycles. The van der Waals surface area contributed by atoms with E-state index in [2.05, 4.69) is 15.3 Å². The zero-order valence-electron chi connectivity index (χ0n) is 16.3. The molecule has 0 saturated heterocycles. The number of aromatic nitrogens is 3. The molecule has 3 rings (SSSR count). The van der Waals surface area contributed by atoms with E-state index in [1.165, 1.54) is 11.3 Å². The first kappa shape index (κ1) is 22.0. The second-order valence-electron chi connectivity index (χ2n) is 6.86. The van der Waals surface area contributed by atoms with Crippen LogP contribution in [-0.4, -0.2) is 48.6 Å². The van der Waals surface area contributed by atoms with Crippen LogP contribution in [-0.2, 0) is 22.6 Å². The molecule has 3 heterocycles. The van der Waals surface area contributed by atoms with Gasteiger partial charge in [-0.05, 0) is 37.5 Å². The topological polar surface area (TPSA) is 180 Å². The molecule has 0 fully saturated rings. The Morgan fingerprint density at radius 2 is 2.03 bits per heavy atom. The number of thiophene rings is 1. The van der Waals surface area contributed by atoms with Gasteiger partial charge in [0.2, 0.25) is 5.95 Å². The molecule has 0 aliphatic heterocycles. The third-order valence-corrected chi connectivity index (χ3v) is 5.74. The monoisotopic (exact) mass is 447 g/mol. The van der Waals surface area contributed by atoms with E-state index in [1.807, 2.05) is 0 Å². The number of hydrogen-bond acceptors (Lipinski definition) is 7. The molecule has 164 valence electrons. The first-order valence-electron chi connectivity index (χ1n) is 9.43. The maximum absolute atomic E-state index is 12.3. The van der Waals surface area contributed by atoms with Gasteiger partial charge in [0, 0.05) is 24.0 Å². The number of amides is 1. The zero-order chi connectivity index (χ0) is 22.5. The van der Waals surface area contributed by atoms with Crippen LogP contribution < -0.4 is 16.6 Å². The van der Waals surface area contributed by atoms with Crippen LogP contribution in [0.1, 0.15) is 33.8 Å². The summed E-state index contributed by atoms with van der Waals surface area (Å²) < 4.78 is 1.79. The van der Waals surface area contributed by atoms with Gasteiger partial charge in [-0.2, -0.15) is 0 Å². The Labute approximate surface area is 179 Å². The second-order valence-corrected chi connectivity index (χ2v) is 8.03. The number of nitrogen functional groups attached to an aromatic ring is 1. The number of carboxylic acids is 2. The maximum atomic E-state index is 12.3. The highest BCUT2D eigenvalue weighted by Crippen LogP contribution is 2.19. The predicted octanol–water partition coefficient (Wildman–Crippen LogP) is 1.05. The Morgan fingerprint density at radius 3 is 2.74 bits per heavy atom. The minimum Gasteiger partial charge on any atom is -0.481 e. The van der Waals surface area contributed by atoms with Crippen LogP contribution in [0.5, 0.6) is 0 Å². The molecular weight excluding hydrogens is 426 g/mol. The van der Waals surface area contributed by atoms with Crippen molar-refractivity contribution in [1.82, 2.24) is 19.9 Å². The number of nitrogens with zero attached hydrogens (tertiary/aromatic N) is 2. The van der Waals surface area contributed by atoms with Gasteiger partial charge >= 0.3 is 11.9 Å². The molecule has 1 amide bonds. The van der Waals surface area contributed by atoms with Crippen molar-refractivity contribution in [3.8, 4) is 0 Å². The lowest BCUT2D eigenvalue weighted by Crippen LogP contribution is -2.40. The van der Waals surface area contributed by atoms with Crippen molar-refractivity contribution in [2.75, 3.05) is 5.73 Å². The highest BCUT2D eigenvalue weighted by atomic mass is 32.1. The Bertz CT molecular complexity index is 1180. The number of carboxylic acid groups (broad SMARTS) is 2. The van der Waals surface area contributed by atoms with Crippen LogP contribution in [0, 0.1) is 0 Å². The molecule has 31 heavy (non-hydrogen) atoms. The summed E-state index contributed by atoms with van der Waals surface area (Å²) in [6.07, 6.45) is 2.57. The number of carbonyl (C=O) groups excluding carboxylic acids is 1. The number of aryl methyl sites for hydroxylation is 2. The van der Waals surface area contributed by atoms with Crippen LogP contribution in [0.3, 0.4) is 0 Å². The number of H-pyrrole nitrogens is 1. The standard InChI is InChI=1S/C19H21N5O6S/c20-19-22-11-7-9-24(15(11)17(28)23-19)8-1-2-10-3-5-13(31-10)16(27)21-12(18(29)30)4-6-14(25)26/h3,5,7,9,12H,1-2,4,6,8H2,(H,21,27)(H,25,26)(H,29,30)(H3,20,22,23,28)/t12-/m0/s1. The van der Waals surface area contributed by atoms with Gasteiger partial charge in [0.1, 0.15) is 11.6 Å². The molecule has 0 radical (unpaired) electrons. The zero-order valence-corrected chi connectivity index (χ0v) is 17.1. The summed E-state index contributed by atoms with van der Waals surface area (Å²) in [5, 5.41) is 20.2. The van der Waals surface area contributed by atoms with Crippen molar-refractivity contribution < 1.29 is 24.6 Å². The molecule has 0 saturated carbocycles. The highest BCUT2D eigenvalue weighted by molar-refractivity contribution is 7.14. The number of nitrogens with one attached hydrogen (secondary N) is 2. The van der Waals surface area contributed by atoms with Crippen LogP contribution in [0.15, 0.2) is 29.2 Å². The maximum Gasteiger partial charge on any atom is 0.326 e. The predicted molar refractivity (Wildman–Crippen MR) is 113 cm³/mol. The Morgan fingerprint density at radius 1 is 1.26 bits per heavy atom. The smallest absolute Gasteiger partial charge is 0.326 e. The van der Waals surface area contributed by atoms with Gasteiger partial charge in [-0.3, -0.25) is 19.4 Å². The van der Waals surface area contributed by atoms with Gasteiger partial charge in [0.05, 0.1) is 10.4 Å². The summed E-state index contributed by atoms with van der Waals surface area (Å²) >= 11 is 1.24. The van der Waals surface area contributed by atoms with Gasteiger partial charge in [0.25, 0.3) is 11.5 Å². The van der Waals surface area contributed by atoms with E-state index in [9.17, 15) is 19.2 Å². The minimum atomic E-state index is -1.28. The SMILES string of the molecule is Nc1nc2ccn(CCCc3ccc(C(=O)N[C@@H](CCC(=O)O)C(=O)O)s3)c2c(=O)[nH]1. The van der Waals surface area contributed by atoms with Gasteiger partial charge in [-0.15, -0.1) is 11.3 Å². The molecule has 12 heteroatoms. The van der Waals surface area contributed by atoms with E-state index in [4.69, 9.17) is 15.9 Å². The molecule has 0 unspecified atom stereocenters. The summed E-state index contributed by atoms with van der Waals surface area (Å²) in [7, 11) is 0. The molecule has 6 N–H and O–H groups in total. The summed E-state index contributed by atoms with van der Waals surface area (Å²) in [6, 6.07) is 3.85. The van der Waals surface area contributed by atoms with Crippen LogP contribution >= 0.6 is 11.3 Å². The summed E-state index contributed by atoms with van der Waals surface area (Å²) in [4.78, 5) is 54.1. The summed E-state index contributed by atoms with van der Waals surface area (Å²) in [5.41, 5.74) is 6.21. The number of aliphatic carboxylic acids is 2. The third-order valence-electron chi connectivity index (χ3n) is 4.60. The fourth-order valence-corrected chi connectivity index (χ4v) is 4.08. The van der Waals surface area contributed by atoms with E-state index in [0.29, 0.717) is 35.3 Å². The van der Waals surface area contributed by atoms with Crippen molar-refractivity contribution in [2.24, 2.45) is 0 Å². The van der Waals surface area contributed by atoms with E-state index >= 15 is 0 Å². The normalized spacial score (nSPS) is 12.0. The number of anilines is 1. The van der Waals surface area contributed by atoms with E-state index in [1.54, 1.807) is 29.0 Å². The highest BCUT2D eigenvalue weighted by Gasteiger charge is 2.22. The van der Waals surface area contributed by atoms with Crippen molar-refractivity contribution >= 4 is 46.2 Å². The molecule has 11 nitrogen and oxygen atoms in total. The minimum absolute atomic E-state index is 0.0627. The molecular formula is C19H21N5O6S. The number of carbonyl (C=O) groups is 3. The quantitative estimate of drug-likeness (QED) is 0.306. The average Bonchev–Trinajstić information content (AvgIpc) is 3.32. The Kier molecular flexibility index (Phi) is 6.70. The van der Waals surface area contributed by atoms with Gasteiger partial charge in [0.15, 0.2) is 0 Å². The fourth-order valence-electron chi connectivity index (χ4n) is 3.13. The van der Waals surface area contributed by atoms with Crippen LogP contribution in [0.2, 0.25) is 0 Å². The lowest BCUT2D eigenvalue weighted by Gasteiger charge is -2.12.